The molecule has 2 rings (SSSR count). The van der Waals surface area contributed by atoms with Gasteiger partial charge in [-0.15, -0.1) is 24.0 Å². The molecular weight excluding hydrogens is 507 g/mol. The van der Waals surface area contributed by atoms with Crippen molar-refractivity contribution in [3.8, 4) is 0 Å². The summed E-state index contributed by atoms with van der Waals surface area (Å²) in [4.78, 5) is 4.80. The van der Waals surface area contributed by atoms with E-state index in [1.165, 1.54) is 7.05 Å². The molecule has 166 valence electrons. The van der Waals surface area contributed by atoms with Crippen LogP contribution in [-0.2, 0) is 26.0 Å². The van der Waals surface area contributed by atoms with Crippen LogP contribution in [0.1, 0.15) is 25.3 Å². The number of sulfonamides is 1. The van der Waals surface area contributed by atoms with Crippen molar-refractivity contribution < 1.29 is 17.9 Å². The first kappa shape index (κ1) is 26.1. The van der Waals surface area contributed by atoms with E-state index in [0.29, 0.717) is 19.1 Å². The molecule has 0 aromatic heterocycles. The predicted molar refractivity (Wildman–Crippen MR) is 125 cm³/mol. The van der Waals surface area contributed by atoms with Gasteiger partial charge in [-0.2, -0.15) is 0 Å². The molecular formula is C19H33IN4O4S. The van der Waals surface area contributed by atoms with Crippen LogP contribution in [0.3, 0.4) is 0 Å². The van der Waals surface area contributed by atoms with Gasteiger partial charge in [0.05, 0.1) is 24.7 Å². The summed E-state index contributed by atoms with van der Waals surface area (Å²) in [5, 5.41) is 6.50. The number of ether oxygens (including phenoxy) is 2. The largest absolute Gasteiger partial charge is 0.381 e. The number of nitrogens with zero attached hydrogens (tertiary/aromatic N) is 1. The highest BCUT2D eigenvalue weighted by atomic mass is 127. The van der Waals surface area contributed by atoms with Gasteiger partial charge in [-0.1, -0.05) is 12.1 Å². The smallest absolute Gasteiger partial charge is 0.240 e. The molecule has 3 N–H and O–H groups in total. The quantitative estimate of drug-likeness (QED) is 0.171. The Morgan fingerprint density at radius 3 is 2.66 bits per heavy atom. The van der Waals surface area contributed by atoms with Crippen molar-refractivity contribution in [2.45, 2.75) is 31.2 Å². The number of benzene rings is 1. The highest BCUT2D eigenvalue weighted by Gasteiger charge is 2.15. The summed E-state index contributed by atoms with van der Waals surface area (Å²) in [5.41, 5.74) is 0.939. The summed E-state index contributed by atoms with van der Waals surface area (Å²) in [6, 6.07) is 6.73. The maximum atomic E-state index is 11.8. The lowest BCUT2D eigenvalue weighted by Gasteiger charge is -2.12. The maximum Gasteiger partial charge on any atom is 0.240 e. The van der Waals surface area contributed by atoms with E-state index in [0.717, 1.165) is 57.3 Å². The van der Waals surface area contributed by atoms with Crippen molar-refractivity contribution in [1.29, 1.82) is 0 Å². The van der Waals surface area contributed by atoms with E-state index in [1.807, 2.05) is 6.92 Å². The molecule has 1 heterocycles. The number of hydrogen-bond acceptors (Lipinski definition) is 5. The Morgan fingerprint density at radius 2 is 2.03 bits per heavy atom. The minimum atomic E-state index is -3.41. The van der Waals surface area contributed by atoms with Gasteiger partial charge in [-0.3, -0.25) is 0 Å². The minimum Gasteiger partial charge on any atom is -0.381 e. The fraction of sp³-hybridized carbons (Fsp3) is 0.632. The fourth-order valence-electron chi connectivity index (χ4n) is 2.75. The van der Waals surface area contributed by atoms with E-state index in [4.69, 9.17) is 9.47 Å². The molecule has 0 saturated carbocycles. The van der Waals surface area contributed by atoms with Crippen LogP contribution in [-0.4, -0.2) is 60.9 Å². The van der Waals surface area contributed by atoms with Crippen molar-refractivity contribution in [2.75, 3.05) is 46.6 Å². The summed E-state index contributed by atoms with van der Waals surface area (Å²) < 4.78 is 36.9. The van der Waals surface area contributed by atoms with E-state index in [9.17, 15) is 8.42 Å². The van der Waals surface area contributed by atoms with Crippen molar-refractivity contribution in [2.24, 2.45) is 10.9 Å². The van der Waals surface area contributed by atoms with Crippen LogP contribution in [0.2, 0.25) is 0 Å². The van der Waals surface area contributed by atoms with Gasteiger partial charge in [0, 0.05) is 32.2 Å². The number of aliphatic imine (C=N–C) groups is 1. The first-order valence-corrected chi connectivity index (χ1v) is 11.2. The topological polar surface area (TPSA) is 101 Å². The number of rotatable bonds is 11. The van der Waals surface area contributed by atoms with E-state index in [2.05, 4.69) is 20.3 Å². The van der Waals surface area contributed by atoms with Crippen molar-refractivity contribution >= 4 is 40.0 Å². The predicted octanol–water partition coefficient (Wildman–Crippen LogP) is 1.71. The van der Waals surface area contributed by atoms with E-state index in [1.54, 1.807) is 24.3 Å². The Kier molecular flexibility index (Phi) is 12.7. The second-order valence-electron chi connectivity index (χ2n) is 6.63. The number of guanidine groups is 1. The molecule has 1 saturated heterocycles. The van der Waals surface area contributed by atoms with Crippen LogP contribution in [0, 0.1) is 5.92 Å². The van der Waals surface area contributed by atoms with Crippen LogP contribution in [0.15, 0.2) is 34.2 Å². The van der Waals surface area contributed by atoms with Gasteiger partial charge in [0.1, 0.15) is 0 Å². The average Bonchev–Trinajstić information content (AvgIpc) is 3.22. The average molecular weight is 540 g/mol. The molecule has 0 amide bonds. The SMILES string of the molecule is CCNC(=NCc1ccc(S(=O)(=O)NC)cc1)NCCCOCC1CCOC1.I. The van der Waals surface area contributed by atoms with Gasteiger partial charge >= 0.3 is 0 Å². The Balaban J connectivity index is 0.00000420. The zero-order chi connectivity index (χ0) is 20.2. The van der Waals surface area contributed by atoms with E-state index in [-0.39, 0.29) is 28.9 Å². The lowest BCUT2D eigenvalue weighted by molar-refractivity contribution is 0.0888. The third kappa shape index (κ3) is 9.60. The Hall–Kier alpha value is -0.950. The summed E-state index contributed by atoms with van der Waals surface area (Å²) in [6.45, 7) is 7.17. The summed E-state index contributed by atoms with van der Waals surface area (Å²) >= 11 is 0. The second-order valence-corrected chi connectivity index (χ2v) is 8.52. The van der Waals surface area contributed by atoms with Gasteiger partial charge in [-0.25, -0.2) is 18.1 Å². The lowest BCUT2D eigenvalue weighted by Crippen LogP contribution is -2.38. The molecule has 0 spiro atoms. The number of halogens is 1. The molecule has 0 radical (unpaired) electrons. The molecule has 0 bridgehead atoms. The maximum absolute atomic E-state index is 11.8. The number of nitrogens with one attached hydrogen (secondary N) is 3. The standard InChI is InChI=1S/C19H32N4O4S.HI/c1-3-21-19(22-10-4-11-26-14-17-9-12-27-15-17)23-13-16-5-7-18(8-6-16)28(24,25)20-2;/h5-8,17,20H,3-4,9-15H2,1-2H3,(H2,21,22,23);1H. The molecule has 10 heteroatoms. The summed E-state index contributed by atoms with van der Waals surface area (Å²) in [7, 11) is -2.01. The Labute approximate surface area is 191 Å². The third-order valence-electron chi connectivity index (χ3n) is 4.40. The minimum absolute atomic E-state index is 0. The van der Waals surface area contributed by atoms with Crippen LogP contribution in [0.4, 0.5) is 0 Å². The van der Waals surface area contributed by atoms with Crippen LogP contribution in [0.5, 0.6) is 0 Å². The molecule has 0 aliphatic carbocycles. The van der Waals surface area contributed by atoms with E-state index < -0.39 is 10.0 Å². The van der Waals surface area contributed by atoms with Gasteiger partial charge < -0.3 is 20.1 Å². The first-order chi connectivity index (χ1) is 13.5. The van der Waals surface area contributed by atoms with Crippen molar-refractivity contribution in [3.05, 3.63) is 29.8 Å². The molecule has 1 aliphatic rings. The molecule has 29 heavy (non-hydrogen) atoms. The molecule has 1 atom stereocenters. The molecule has 1 aromatic carbocycles. The summed E-state index contributed by atoms with van der Waals surface area (Å²) in [5.74, 6) is 1.28. The van der Waals surface area contributed by atoms with Crippen LogP contribution >= 0.6 is 24.0 Å². The fourth-order valence-corrected chi connectivity index (χ4v) is 3.48. The van der Waals surface area contributed by atoms with Crippen LogP contribution < -0.4 is 15.4 Å². The van der Waals surface area contributed by atoms with Gasteiger partial charge in [0.2, 0.25) is 10.0 Å². The second kappa shape index (κ2) is 14.1. The van der Waals surface area contributed by atoms with Gasteiger partial charge in [0.25, 0.3) is 0 Å². The highest BCUT2D eigenvalue weighted by molar-refractivity contribution is 14.0. The zero-order valence-electron chi connectivity index (χ0n) is 17.1. The molecule has 1 fully saturated rings. The molecule has 1 unspecified atom stereocenters. The van der Waals surface area contributed by atoms with Gasteiger partial charge in [0.15, 0.2) is 5.96 Å². The van der Waals surface area contributed by atoms with Crippen molar-refractivity contribution in [1.82, 2.24) is 15.4 Å². The molecule has 8 nitrogen and oxygen atoms in total. The Bertz CT molecular complexity index is 707. The highest BCUT2D eigenvalue weighted by Crippen LogP contribution is 2.12. The Morgan fingerprint density at radius 1 is 1.28 bits per heavy atom. The van der Waals surface area contributed by atoms with Gasteiger partial charge in [-0.05, 0) is 44.5 Å². The summed E-state index contributed by atoms with van der Waals surface area (Å²) in [6.07, 6.45) is 1.99. The molecule has 1 aliphatic heterocycles. The monoisotopic (exact) mass is 540 g/mol. The number of hydrogen-bond donors (Lipinski definition) is 3. The lowest BCUT2D eigenvalue weighted by atomic mass is 10.1. The van der Waals surface area contributed by atoms with Crippen molar-refractivity contribution in [3.63, 3.8) is 0 Å². The van der Waals surface area contributed by atoms with Crippen LogP contribution in [0.25, 0.3) is 0 Å². The van der Waals surface area contributed by atoms with E-state index >= 15 is 0 Å². The first-order valence-electron chi connectivity index (χ1n) is 9.75. The molecule has 1 aromatic rings. The zero-order valence-corrected chi connectivity index (χ0v) is 20.3. The normalized spacial score (nSPS) is 17.0. The third-order valence-corrected chi connectivity index (χ3v) is 5.83.